The molecule has 2 N–H and O–H groups in total. The Labute approximate surface area is 157 Å². The fraction of sp³-hybridized carbons (Fsp3) is 0.455. The molecule has 0 saturated carbocycles. The average Bonchev–Trinajstić information content (AvgIpc) is 2.69. The molecule has 4 heteroatoms. The lowest BCUT2D eigenvalue weighted by molar-refractivity contribution is 0.304. The molecule has 0 aliphatic heterocycles. The van der Waals surface area contributed by atoms with Crippen LogP contribution >= 0.6 is 0 Å². The van der Waals surface area contributed by atoms with Crippen molar-refractivity contribution in [3.63, 3.8) is 0 Å². The third kappa shape index (κ3) is 7.68. The molecule has 0 aromatic heterocycles. The molecule has 0 unspecified atom stereocenters. The van der Waals surface area contributed by atoms with Gasteiger partial charge in [0.15, 0.2) is 0 Å². The first kappa shape index (κ1) is 20.0. The Morgan fingerprint density at radius 3 is 2.23 bits per heavy atom. The van der Waals surface area contributed by atoms with Crippen LogP contribution < -0.4 is 20.1 Å². The molecule has 0 heterocycles. The van der Waals surface area contributed by atoms with Gasteiger partial charge in [-0.25, -0.2) is 0 Å². The minimum absolute atomic E-state index is 0.806. The van der Waals surface area contributed by atoms with E-state index < -0.39 is 0 Å². The van der Waals surface area contributed by atoms with Crippen molar-refractivity contribution >= 4 is 11.4 Å². The summed E-state index contributed by atoms with van der Waals surface area (Å²) in [5.41, 5.74) is 2.17. The SMILES string of the molecule is CCCCCCCOc1ccc(NCCNc2cccc(OC)c2)cc1. The summed E-state index contributed by atoms with van der Waals surface area (Å²) in [5.74, 6) is 1.81. The van der Waals surface area contributed by atoms with Gasteiger partial charge in [-0.2, -0.15) is 0 Å². The molecule has 0 aliphatic carbocycles. The molecular weight excluding hydrogens is 324 g/mol. The van der Waals surface area contributed by atoms with Crippen molar-refractivity contribution in [1.29, 1.82) is 0 Å². The van der Waals surface area contributed by atoms with Gasteiger partial charge in [0.2, 0.25) is 0 Å². The number of hydrogen-bond donors (Lipinski definition) is 2. The largest absolute Gasteiger partial charge is 0.497 e. The smallest absolute Gasteiger partial charge is 0.120 e. The third-order valence-electron chi connectivity index (χ3n) is 4.22. The number of benzene rings is 2. The summed E-state index contributed by atoms with van der Waals surface area (Å²) in [6.07, 6.45) is 6.31. The molecule has 0 saturated heterocycles. The standard InChI is InChI=1S/C22H32N2O2/c1-3-4-5-6-7-17-26-21-13-11-19(12-14-21)23-15-16-24-20-9-8-10-22(18-20)25-2/h8-14,18,23-24H,3-7,15-17H2,1-2H3. The highest BCUT2D eigenvalue weighted by molar-refractivity contribution is 5.49. The van der Waals surface area contributed by atoms with Gasteiger partial charge < -0.3 is 20.1 Å². The van der Waals surface area contributed by atoms with Crippen LogP contribution in [0.3, 0.4) is 0 Å². The highest BCUT2D eigenvalue weighted by Gasteiger charge is 1.97. The number of unbranched alkanes of at least 4 members (excludes halogenated alkanes) is 4. The maximum atomic E-state index is 5.79. The molecule has 2 aromatic carbocycles. The van der Waals surface area contributed by atoms with E-state index in [0.29, 0.717) is 0 Å². The second kappa shape index (κ2) is 12.1. The van der Waals surface area contributed by atoms with Crippen molar-refractivity contribution in [1.82, 2.24) is 0 Å². The van der Waals surface area contributed by atoms with Crippen molar-refractivity contribution in [3.05, 3.63) is 48.5 Å². The maximum absolute atomic E-state index is 5.79. The van der Waals surface area contributed by atoms with E-state index in [9.17, 15) is 0 Å². The molecule has 0 aliphatic rings. The van der Waals surface area contributed by atoms with Crippen LogP contribution in [0.2, 0.25) is 0 Å². The van der Waals surface area contributed by atoms with Crippen LogP contribution in [0, 0.1) is 0 Å². The summed E-state index contributed by atoms with van der Waals surface area (Å²) in [4.78, 5) is 0. The van der Waals surface area contributed by atoms with E-state index in [1.165, 1.54) is 25.7 Å². The Balaban J connectivity index is 1.61. The summed E-state index contributed by atoms with van der Waals surface area (Å²) in [6.45, 7) is 4.72. The normalized spacial score (nSPS) is 10.4. The lowest BCUT2D eigenvalue weighted by atomic mass is 10.2. The summed E-state index contributed by atoms with van der Waals surface area (Å²) in [7, 11) is 1.68. The van der Waals surface area contributed by atoms with Gasteiger partial charge in [0.1, 0.15) is 11.5 Å². The zero-order valence-electron chi connectivity index (χ0n) is 16.1. The topological polar surface area (TPSA) is 42.5 Å². The van der Waals surface area contributed by atoms with Crippen LogP contribution in [0.1, 0.15) is 39.0 Å². The van der Waals surface area contributed by atoms with Crippen LogP contribution in [0.5, 0.6) is 11.5 Å². The van der Waals surface area contributed by atoms with Gasteiger partial charge >= 0.3 is 0 Å². The maximum Gasteiger partial charge on any atom is 0.120 e. The molecule has 26 heavy (non-hydrogen) atoms. The van der Waals surface area contributed by atoms with Crippen LogP contribution in [-0.4, -0.2) is 26.8 Å². The van der Waals surface area contributed by atoms with E-state index in [1.807, 2.05) is 36.4 Å². The molecule has 0 fully saturated rings. The van der Waals surface area contributed by atoms with Crippen LogP contribution in [-0.2, 0) is 0 Å². The average molecular weight is 357 g/mol. The number of rotatable bonds is 13. The quantitative estimate of drug-likeness (QED) is 0.461. The van der Waals surface area contributed by atoms with E-state index in [2.05, 4.69) is 29.7 Å². The molecule has 2 rings (SSSR count). The monoisotopic (exact) mass is 356 g/mol. The van der Waals surface area contributed by atoms with E-state index in [-0.39, 0.29) is 0 Å². The molecule has 4 nitrogen and oxygen atoms in total. The molecule has 0 spiro atoms. The van der Waals surface area contributed by atoms with Gasteiger partial charge in [-0.1, -0.05) is 38.7 Å². The number of nitrogens with one attached hydrogen (secondary N) is 2. The van der Waals surface area contributed by atoms with Gasteiger partial charge in [-0.3, -0.25) is 0 Å². The van der Waals surface area contributed by atoms with E-state index in [1.54, 1.807) is 7.11 Å². The zero-order chi connectivity index (χ0) is 18.5. The minimum atomic E-state index is 0.806. The second-order valence-electron chi connectivity index (χ2n) is 6.37. The highest BCUT2D eigenvalue weighted by Crippen LogP contribution is 2.17. The predicted octanol–water partition coefficient (Wildman–Crippen LogP) is 5.57. The van der Waals surface area contributed by atoms with Crippen molar-refractivity contribution < 1.29 is 9.47 Å². The molecule has 142 valence electrons. The molecule has 0 radical (unpaired) electrons. The first-order chi connectivity index (χ1) is 12.8. The Morgan fingerprint density at radius 1 is 0.769 bits per heavy atom. The van der Waals surface area contributed by atoms with E-state index in [0.717, 1.165) is 49.0 Å². The van der Waals surface area contributed by atoms with Gasteiger partial charge in [-0.15, -0.1) is 0 Å². The number of anilines is 2. The first-order valence-electron chi connectivity index (χ1n) is 9.66. The second-order valence-corrected chi connectivity index (χ2v) is 6.37. The number of hydrogen-bond acceptors (Lipinski definition) is 4. The molecule has 0 bridgehead atoms. The summed E-state index contributed by atoms with van der Waals surface area (Å²) >= 11 is 0. The van der Waals surface area contributed by atoms with Gasteiger partial charge in [0, 0.05) is 30.5 Å². The van der Waals surface area contributed by atoms with Crippen molar-refractivity contribution in [2.24, 2.45) is 0 Å². The van der Waals surface area contributed by atoms with Crippen LogP contribution in [0.25, 0.3) is 0 Å². The summed E-state index contributed by atoms with van der Waals surface area (Å²) < 4.78 is 11.0. The highest BCUT2D eigenvalue weighted by atomic mass is 16.5. The first-order valence-corrected chi connectivity index (χ1v) is 9.66. The number of methoxy groups -OCH3 is 1. The Bertz CT molecular complexity index is 614. The van der Waals surface area contributed by atoms with Crippen molar-refractivity contribution in [2.45, 2.75) is 39.0 Å². The third-order valence-corrected chi connectivity index (χ3v) is 4.22. The lowest BCUT2D eigenvalue weighted by Gasteiger charge is -2.11. The van der Waals surface area contributed by atoms with Gasteiger partial charge in [0.25, 0.3) is 0 Å². The molecule has 2 aromatic rings. The van der Waals surface area contributed by atoms with E-state index in [4.69, 9.17) is 9.47 Å². The van der Waals surface area contributed by atoms with Crippen LogP contribution in [0.4, 0.5) is 11.4 Å². The fourth-order valence-corrected chi connectivity index (χ4v) is 2.71. The van der Waals surface area contributed by atoms with Crippen LogP contribution in [0.15, 0.2) is 48.5 Å². The summed E-state index contributed by atoms with van der Waals surface area (Å²) in [6, 6.07) is 16.2. The summed E-state index contributed by atoms with van der Waals surface area (Å²) in [5, 5.41) is 6.79. The predicted molar refractivity (Wildman–Crippen MR) is 111 cm³/mol. The van der Waals surface area contributed by atoms with Crippen molar-refractivity contribution in [3.8, 4) is 11.5 Å². The van der Waals surface area contributed by atoms with Gasteiger partial charge in [-0.05, 0) is 42.8 Å². The zero-order valence-corrected chi connectivity index (χ0v) is 16.1. The Hall–Kier alpha value is -2.36. The minimum Gasteiger partial charge on any atom is -0.497 e. The van der Waals surface area contributed by atoms with Gasteiger partial charge in [0.05, 0.1) is 13.7 Å². The fourth-order valence-electron chi connectivity index (χ4n) is 2.71. The number of ether oxygens (including phenoxy) is 2. The van der Waals surface area contributed by atoms with Crippen molar-refractivity contribution in [2.75, 3.05) is 37.4 Å². The molecule has 0 amide bonds. The lowest BCUT2D eigenvalue weighted by Crippen LogP contribution is -2.13. The molecule has 0 atom stereocenters. The Kier molecular flexibility index (Phi) is 9.26. The van der Waals surface area contributed by atoms with E-state index >= 15 is 0 Å². The Morgan fingerprint density at radius 2 is 1.50 bits per heavy atom. The molecular formula is C22H32N2O2.